The lowest BCUT2D eigenvalue weighted by Gasteiger charge is -2.19. The van der Waals surface area contributed by atoms with Crippen molar-refractivity contribution in [3.63, 3.8) is 0 Å². The maximum Gasteiger partial charge on any atom is 0.0355 e. The van der Waals surface area contributed by atoms with Crippen molar-refractivity contribution in [2.45, 2.75) is 0 Å². The minimum atomic E-state index is 1.25. The molecule has 0 nitrogen and oxygen atoms in total. The number of rotatable bonds is 3. The Bertz CT molecular complexity index is 3680. The van der Waals surface area contributed by atoms with Gasteiger partial charge in [0.2, 0.25) is 0 Å². The van der Waals surface area contributed by atoms with E-state index in [1.165, 1.54) is 129 Å². The largest absolute Gasteiger partial charge is 0.135 e. The summed E-state index contributed by atoms with van der Waals surface area (Å²) in [6.45, 7) is 0. The molecule has 0 aliphatic rings. The quantitative estimate of drug-likeness (QED) is 0.160. The van der Waals surface area contributed by atoms with Gasteiger partial charge in [0, 0.05) is 20.2 Å². The van der Waals surface area contributed by atoms with E-state index in [4.69, 9.17) is 0 Å². The van der Waals surface area contributed by atoms with E-state index in [1.807, 2.05) is 11.3 Å². The minimum absolute atomic E-state index is 1.25. The summed E-state index contributed by atoms with van der Waals surface area (Å²) in [6, 6.07) is 68.4. The van der Waals surface area contributed by atoms with E-state index in [9.17, 15) is 0 Å². The fourth-order valence-corrected chi connectivity index (χ4v) is 11.2. The first kappa shape index (κ1) is 29.6. The third kappa shape index (κ3) is 3.90. The molecule has 0 atom stereocenters. The van der Waals surface area contributed by atoms with E-state index in [1.54, 1.807) is 0 Å². The van der Waals surface area contributed by atoms with Crippen LogP contribution in [-0.4, -0.2) is 0 Å². The van der Waals surface area contributed by atoms with Gasteiger partial charge in [0.05, 0.1) is 0 Å². The highest BCUT2D eigenvalue weighted by Gasteiger charge is 2.27. The molecule has 0 radical (unpaired) electrons. The van der Waals surface area contributed by atoms with Gasteiger partial charge in [-0.3, -0.25) is 0 Å². The monoisotopic (exact) mass is 710 g/mol. The van der Waals surface area contributed by atoms with Crippen LogP contribution in [0.4, 0.5) is 0 Å². The number of hydrogen-bond acceptors (Lipinski definition) is 1. The fraction of sp³-hybridized carbons (Fsp3) is 0. The van der Waals surface area contributed by atoms with Crippen molar-refractivity contribution in [2.75, 3.05) is 0 Å². The van der Waals surface area contributed by atoms with Crippen molar-refractivity contribution in [3.05, 3.63) is 182 Å². The van der Waals surface area contributed by atoms with Crippen molar-refractivity contribution in [3.8, 4) is 33.4 Å². The van der Waals surface area contributed by atoms with Crippen molar-refractivity contribution in [2.24, 2.45) is 0 Å². The molecule has 0 bridgehead atoms. The zero-order valence-corrected chi connectivity index (χ0v) is 30.5. The van der Waals surface area contributed by atoms with Gasteiger partial charge >= 0.3 is 0 Å². The number of benzene rings is 10. The molecule has 1 heterocycles. The summed E-state index contributed by atoms with van der Waals surface area (Å²) >= 11 is 1.88. The maximum atomic E-state index is 2.52. The molecule has 0 aliphatic heterocycles. The number of fused-ring (bicyclic) bond motifs is 11. The smallest absolute Gasteiger partial charge is 0.0355 e. The van der Waals surface area contributed by atoms with Gasteiger partial charge in [-0.15, -0.1) is 11.3 Å². The van der Waals surface area contributed by atoms with Crippen LogP contribution in [0.5, 0.6) is 0 Å². The van der Waals surface area contributed by atoms with Crippen molar-refractivity contribution < 1.29 is 0 Å². The molecule has 13 aromatic rings. The standard InChI is InChI=1S/C54H30S/c1-3-13-31(14-4-1)48-45-30-44-36-18-8-7-17-35(36)39-21-12-22-40(51(39)44)52(45)49(32-15-5-2-6-16-32)54-42-27-26-34(38-20-11-23-41(50(38)42)53(48)54)33-25-28-47-43(29-33)37-19-9-10-24-46(37)55-47/h1-30H. The summed E-state index contributed by atoms with van der Waals surface area (Å²) in [5.74, 6) is 0. The van der Waals surface area contributed by atoms with Crippen molar-refractivity contribution >= 4 is 107 Å². The summed E-state index contributed by atoms with van der Waals surface area (Å²) in [5.41, 5.74) is 7.67. The van der Waals surface area contributed by atoms with Crippen LogP contribution in [0.1, 0.15) is 0 Å². The second kappa shape index (κ2) is 10.9. The van der Waals surface area contributed by atoms with Crippen molar-refractivity contribution in [1.29, 1.82) is 0 Å². The normalized spacial score (nSPS) is 12.4. The molecule has 13 rings (SSSR count). The molecular weight excluding hydrogens is 681 g/mol. The summed E-state index contributed by atoms with van der Waals surface area (Å²) in [7, 11) is 0. The van der Waals surface area contributed by atoms with Crippen molar-refractivity contribution in [1.82, 2.24) is 0 Å². The first-order valence-electron chi connectivity index (χ1n) is 19.1. The molecule has 55 heavy (non-hydrogen) atoms. The van der Waals surface area contributed by atoms with Gasteiger partial charge < -0.3 is 0 Å². The fourth-order valence-electron chi connectivity index (χ4n) is 10.2. The molecule has 0 unspecified atom stereocenters. The molecule has 1 aromatic heterocycles. The average Bonchev–Trinajstić information content (AvgIpc) is 3.90. The van der Waals surface area contributed by atoms with E-state index < -0.39 is 0 Å². The molecule has 1 heteroatoms. The maximum absolute atomic E-state index is 2.52. The summed E-state index contributed by atoms with van der Waals surface area (Å²) < 4.78 is 2.67. The van der Waals surface area contributed by atoms with E-state index in [2.05, 4.69) is 182 Å². The van der Waals surface area contributed by atoms with Gasteiger partial charge in [0.15, 0.2) is 0 Å². The Labute approximate surface area is 320 Å². The Hall–Kier alpha value is -6.80. The van der Waals surface area contributed by atoms with Crippen LogP contribution in [-0.2, 0) is 0 Å². The van der Waals surface area contributed by atoms with Crippen LogP contribution in [0.15, 0.2) is 182 Å². The molecule has 0 saturated heterocycles. The molecule has 0 spiro atoms. The van der Waals surface area contributed by atoms with Crippen LogP contribution in [0.3, 0.4) is 0 Å². The summed E-state index contributed by atoms with van der Waals surface area (Å²) in [5, 5.41) is 21.2. The first-order chi connectivity index (χ1) is 27.3. The minimum Gasteiger partial charge on any atom is -0.135 e. The molecule has 252 valence electrons. The SMILES string of the molecule is c1ccc(-c2c3cc4c5ccccc5c5cccc(c3c(-c3ccccc3)c3c6ccc(-c7ccc8sc9ccccc9c8c7)c7cccc(c23)c76)c54)cc1. The highest BCUT2D eigenvalue weighted by Crippen LogP contribution is 2.55. The second-order valence-corrected chi connectivity index (χ2v) is 16.1. The third-order valence-electron chi connectivity index (χ3n) is 12.3. The van der Waals surface area contributed by atoms with Crippen LogP contribution in [0, 0.1) is 0 Å². The Morgan fingerprint density at radius 3 is 1.56 bits per heavy atom. The van der Waals surface area contributed by atoms with Gasteiger partial charge in [0.1, 0.15) is 0 Å². The van der Waals surface area contributed by atoms with Crippen LogP contribution in [0.2, 0.25) is 0 Å². The predicted octanol–water partition coefficient (Wildman–Crippen LogP) is 16.0. The van der Waals surface area contributed by atoms with Crippen LogP contribution >= 0.6 is 11.3 Å². The third-order valence-corrected chi connectivity index (χ3v) is 13.5. The Balaban J connectivity index is 1.26. The van der Waals surface area contributed by atoms with Crippen LogP contribution in [0.25, 0.3) is 129 Å². The van der Waals surface area contributed by atoms with Gasteiger partial charge in [-0.1, -0.05) is 158 Å². The van der Waals surface area contributed by atoms with Gasteiger partial charge in [-0.25, -0.2) is 0 Å². The Kier molecular flexibility index (Phi) is 5.86. The molecule has 0 amide bonds. The van der Waals surface area contributed by atoms with Gasteiger partial charge in [-0.05, 0) is 133 Å². The lowest BCUT2D eigenvalue weighted by molar-refractivity contribution is 1.68. The molecule has 0 aliphatic carbocycles. The first-order valence-corrected chi connectivity index (χ1v) is 19.9. The van der Waals surface area contributed by atoms with E-state index in [0.717, 1.165) is 0 Å². The zero-order valence-electron chi connectivity index (χ0n) is 29.7. The molecule has 12 aromatic carbocycles. The van der Waals surface area contributed by atoms with Crippen LogP contribution < -0.4 is 0 Å². The topological polar surface area (TPSA) is 0 Å². The summed E-state index contributed by atoms with van der Waals surface area (Å²) in [4.78, 5) is 0. The highest BCUT2D eigenvalue weighted by atomic mass is 32.1. The number of thiophene rings is 1. The molecule has 0 fully saturated rings. The predicted molar refractivity (Wildman–Crippen MR) is 241 cm³/mol. The number of hydrogen-bond donors (Lipinski definition) is 0. The van der Waals surface area contributed by atoms with Gasteiger partial charge in [0.25, 0.3) is 0 Å². The summed E-state index contributed by atoms with van der Waals surface area (Å²) in [6.07, 6.45) is 0. The molecule has 0 saturated carbocycles. The zero-order chi connectivity index (χ0) is 35.8. The van der Waals surface area contributed by atoms with E-state index >= 15 is 0 Å². The van der Waals surface area contributed by atoms with E-state index in [0.29, 0.717) is 0 Å². The van der Waals surface area contributed by atoms with Gasteiger partial charge in [-0.2, -0.15) is 0 Å². The lowest BCUT2D eigenvalue weighted by atomic mass is 9.84. The average molecular weight is 711 g/mol. The Morgan fingerprint density at radius 1 is 0.236 bits per heavy atom. The lowest BCUT2D eigenvalue weighted by Crippen LogP contribution is -1.91. The highest BCUT2D eigenvalue weighted by molar-refractivity contribution is 7.25. The Morgan fingerprint density at radius 2 is 0.782 bits per heavy atom. The molecule has 0 N–H and O–H groups in total. The van der Waals surface area contributed by atoms with E-state index in [-0.39, 0.29) is 0 Å². The molecular formula is C54H30S. The second-order valence-electron chi connectivity index (χ2n) is 15.1.